The van der Waals surface area contributed by atoms with Gasteiger partial charge in [0.25, 0.3) is 5.91 Å². The zero-order chi connectivity index (χ0) is 16.9. The number of fused-ring (bicyclic) bond motifs is 1. The van der Waals surface area contributed by atoms with Gasteiger partial charge in [-0.25, -0.2) is 4.39 Å². The van der Waals surface area contributed by atoms with Crippen LogP contribution in [0.15, 0.2) is 36.4 Å². The fourth-order valence-corrected chi connectivity index (χ4v) is 2.37. The second kappa shape index (κ2) is 7.40. The number of carbonyl (C=O) groups excluding carboxylic acids is 1. The minimum Gasteiger partial charge on any atom is -0.490 e. The van der Waals surface area contributed by atoms with Crippen LogP contribution in [0.25, 0.3) is 0 Å². The molecule has 0 fully saturated rings. The van der Waals surface area contributed by atoms with E-state index in [1.807, 2.05) is 0 Å². The van der Waals surface area contributed by atoms with Gasteiger partial charge in [-0.05, 0) is 12.1 Å². The minimum absolute atomic E-state index is 0.0115. The number of halogens is 2. The first-order valence-electron chi connectivity index (χ1n) is 7.40. The van der Waals surface area contributed by atoms with E-state index in [0.29, 0.717) is 35.4 Å². The summed E-state index contributed by atoms with van der Waals surface area (Å²) in [5.41, 5.74) is 0.378. The quantitative estimate of drug-likeness (QED) is 0.913. The fraction of sp³-hybridized carbons (Fsp3) is 0.235. The molecule has 0 aliphatic carbocycles. The average Bonchev–Trinajstić information content (AvgIpc) is 2.79. The summed E-state index contributed by atoms with van der Waals surface area (Å²) in [7, 11) is 0. The minimum atomic E-state index is -0.529. The van der Waals surface area contributed by atoms with Crippen molar-refractivity contribution in [3.8, 4) is 17.2 Å². The number of benzene rings is 2. The maximum Gasteiger partial charge on any atom is 0.262 e. The van der Waals surface area contributed by atoms with Crippen LogP contribution in [-0.2, 0) is 4.79 Å². The third-order valence-electron chi connectivity index (χ3n) is 3.31. The monoisotopic (exact) mass is 351 g/mol. The Morgan fingerprint density at radius 3 is 2.67 bits per heavy atom. The van der Waals surface area contributed by atoms with Crippen molar-refractivity contribution < 1.29 is 23.4 Å². The van der Waals surface area contributed by atoms with E-state index in [0.717, 1.165) is 6.42 Å². The standard InChI is InChI=1S/C17H15ClFNO4/c18-11-8-15-16(23-7-3-6-22-15)9-13(11)20-17(21)10-24-14-5-2-1-4-12(14)19/h1-2,4-5,8-9H,3,6-7,10H2,(H,20,21). The number of nitrogens with one attached hydrogen (secondary N) is 1. The van der Waals surface area contributed by atoms with Crippen molar-refractivity contribution in [1.82, 2.24) is 0 Å². The lowest BCUT2D eigenvalue weighted by molar-refractivity contribution is -0.118. The molecule has 0 radical (unpaired) electrons. The Hall–Kier alpha value is -2.47. The highest BCUT2D eigenvalue weighted by Gasteiger charge is 2.16. The molecule has 0 unspecified atom stereocenters. The van der Waals surface area contributed by atoms with Crippen LogP contribution in [0.2, 0.25) is 5.02 Å². The number of para-hydroxylation sites is 1. The van der Waals surface area contributed by atoms with Crippen LogP contribution in [0.1, 0.15) is 6.42 Å². The molecule has 1 aliphatic heterocycles. The Kier molecular flexibility index (Phi) is 5.05. The normalized spacial score (nSPS) is 13.1. The SMILES string of the molecule is O=C(COc1ccccc1F)Nc1cc2c(cc1Cl)OCCCO2. The summed E-state index contributed by atoms with van der Waals surface area (Å²) in [5, 5.41) is 2.93. The predicted molar refractivity (Wildman–Crippen MR) is 87.6 cm³/mol. The summed E-state index contributed by atoms with van der Waals surface area (Å²) in [4.78, 5) is 12.0. The summed E-state index contributed by atoms with van der Waals surface area (Å²) < 4.78 is 29.7. The third-order valence-corrected chi connectivity index (χ3v) is 3.62. The lowest BCUT2D eigenvalue weighted by atomic mass is 10.2. The lowest BCUT2D eigenvalue weighted by Gasteiger charge is -2.13. The molecule has 0 atom stereocenters. The van der Waals surface area contributed by atoms with Crippen LogP contribution in [0.5, 0.6) is 17.2 Å². The molecule has 0 aromatic heterocycles. The topological polar surface area (TPSA) is 56.8 Å². The molecule has 7 heteroatoms. The van der Waals surface area contributed by atoms with Crippen LogP contribution < -0.4 is 19.5 Å². The summed E-state index contributed by atoms with van der Waals surface area (Å²) >= 11 is 6.15. The second-order valence-electron chi connectivity index (χ2n) is 5.10. The van der Waals surface area contributed by atoms with Gasteiger partial charge in [0, 0.05) is 18.6 Å². The van der Waals surface area contributed by atoms with E-state index in [-0.39, 0.29) is 12.4 Å². The largest absolute Gasteiger partial charge is 0.490 e. The van der Waals surface area contributed by atoms with Crippen molar-refractivity contribution in [1.29, 1.82) is 0 Å². The molecule has 1 amide bonds. The average molecular weight is 352 g/mol. The molecule has 0 spiro atoms. The summed E-state index contributed by atoms with van der Waals surface area (Å²) in [5.74, 6) is 0.0753. The van der Waals surface area contributed by atoms with Gasteiger partial charge in [0.1, 0.15) is 0 Å². The van der Waals surface area contributed by atoms with Gasteiger partial charge in [0.15, 0.2) is 29.7 Å². The van der Waals surface area contributed by atoms with E-state index in [1.54, 1.807) is 24.3 Å². The van der Waals surface area contributed by atoms with E-state index in [2.05, 4.69) is 5.32 Å². The van der Waals surface area contributed by atoms with E-state index in [9.17, 15) is 9.18 Å². The highest BCUT2D eigenvalue weighted by atomic mass is 35.5. The number of carbonyl (C=O) groups is 1. The highest BCUT2D eigenvalue weighted by Crippen LogP contribution is 2.37. The molecule has 24 heavy (non-hydrogen) atoms. The molecule has 0 bridgehead atoms. The first kappa shape index (κ1) is 16.4. The van der Waals surface area contributed by atoms with Crippen LogP contribution in [0.4, 0.5) is 10.1 Å². The maximum atomic E-state index is 13.4. The molecular formula is C17H15ClFNO4. The molecule has 1 aliphatic rings. The number of hydrogen-bond donors (Lipinski definition) is 1. The molecule has 2 aromatic carbocycles. The number of amides is 1. The van der Waals surface area contributed by atoms with Gasteiger partial charge in [-0.1, -0.05) is 23.7 Å². The highest BCUT2D eigenvalue weighted by molar-refractivity contribution is 6.34. The number of hydrogen-bond acceptors (Lipinski definition) is 4. The van der Waals surface area contributed by atoms with Gasteiger partial charge < -0.3 is 19.5 Å². The Morgan fingerprint density at radius 2 is 1.92 bits per heavy atom. The Balaban J connectivity index is 1.66. The Bertz CT molecular complexity index is 753. The first-order valence-corrected chi connectivity index (χ1v) is 7.77. The predicted octanol–water partition coefficient (Wildman–Crippen LogP) is 3.66. The van der Waals surface area contributed by atoms with Gasteiger partial charge in [-0.15, -0.1) is 0 Å². The smallest absolute Gasteiger partial charge is 0.262 e. The van der Waals surface area contributed by atoms with Crippen molar-refractivity contribution in [2.24, 2.45) is 0 Å². The summed E-state index contributed by atoms with van der Waals surface area (Å²) in [6.45, 7) is 0.732. The van der Waals surface area contributed by atoms with Crippen LogP contribution in [-0.4, -0.2) is 25.7 Å². The fourth-order valence-electron chi connectivity index (χ4n) is 2.17. The first-order chi connectivity index (χ1) is 11.6. The second-order valence-corrected chi connectivity index (χ2v) is 5.50. The molecule has 0 saturated carbocycles. The van der Waals surface area contributed by atoms with Crippen molar-refractivity contribution >= 4 is 23.2 Å². The van der Waals surface area contributed by atoms with Gasteiger partial charge in [0.05, 0.1) is 23.9 Å². The summed E-state index contributed by atoms with van der Waals surface area (Å²) in [6.07, 6.45) is 0.768. The van der Waals surface area contributed by atoms with Crippen LogP contribution in [0, 0.1) is 5.82 Å². The molecular weight excluding hydrogens is 337 g/mol. The molecule has 3 rings (SSSR count). The molecule has 0 saturated heterocycles. The van der Waals surface area contributed by atoms with E-state index < -0.39 is 11.7 Å². The molecule has 2 aromatic rings. The molecule has 126 valence electrons. The zero-order valence-corrected chi connectivity index (χ0v) is 13.4. The lowest BCUT2D eigenvalue weighted by Crippen LogP contribution is -2.20. The summed E-state index contributed by atoms with van der Waals surface area (Å²) in [6, 6.07) is 9.06. The van der Waals surface area contributed by atoms with Crippen LogP contribution in [0.3, 0.4) is 0 Å². The van der Waals surface area contributed by atoms with E-state index in [4.69, 9.17) is 25.8 Å². The third kappa shape index (κ3) is 3.89. The van der Waals surface area contributed by atoms with Crippen molar-refractivity contribution in [2.45, 2.75) is 6.42 Å². The van der Waals surface area contributed by atoms with Gasteiger partial charge in [-0.2, -0.15) is 0 Å². The molecule has 1 N–H and O–H groups in total. The van der Waals surface area contributed by atoms with Crippen molar-refractivity contribution in [3.05, 3.63) is 47.2 Å². The van der Waals surface area contributed by atoms with Crippen molar-refractivity contribution in [2.75, 3.05) is 25.1 Å². The molecule has 1 heterocycles. The number of ether oxygens (including phenoxy) is 3. The van der Waals surface area contributed by atoms with Gasteiger partial charge >= 0.3 is 0 Å². The Morgan fingerprint density at radius 1 is 1.21 bits per heavy atom. The maximum absolute atomic E-state index is 13.4. The number of anilines is 1. The van der Waals surface area contributed by atoms with E-state index in [1.165, 1.54) is 12.1 Å². The number of rotatable bonds is 4. The van der Waals surface area contributed by atoms with Crippen molar-refractivity contribution in [3.63, 3.8) is 0 Å². The zero-order valence-electron chi connectivity index (χ0n) is 12.7. The van der Waals surface area contributed by atoms with Gasteiger partial charge in [-0.3, -0.25) is 4.79 Å². The van der Waals surface area contributed by atoms with E-state index >= 15 is 0 Å². The van der Waals surface area contributed by atoms with Crippen LogP contribution >= 0.6 is 11.6 Å². The molecule has 5 nitrogen and oxygen atoms in total. The Labute approximate surface area is 143 Å². The van der Waals surface area contributed by atoms with Gasteiger partial charge in [0.2, 0.25) is 0 Å².